The van der Waals surface area contributed by atoms with E-state index in [4.69, 9.17) is 4.74 Å². The summed E-state index contributed by atoms with van der Waals surface area (Å²) in [6, 6.07) is 17.7. The summed E-state index contributed by atoms with van der Waals surface area (Å²) in [5.41, 5.74) is 4.95. The second kappa shape index (κ2) is 9.43. The van der Waals surface area contributed by atoms with Gasteiger partial charge in [0.2, 0.25) is 0 Å². The molecule has 0 atom stereocenters. The van der Waals surface area contributed by atoms with Crippen LogP contribution >= 0.6 is 12.4 Å². The molecule has 0 N–H and O–H groups in total. The third-order valence-corrected chi connectivity index (χ3v) is 5.50. The topological polar surface area (TPSA) is 64.7 Å². The van der Waals surface area contributed by atoms with Gasteiger partial charge in [0, 0.05) is 49.2 Å². The lowest BCUT2D eigenvalue weighted by molar-refractivity contribution is 0.0358. The molecule has 31 heavy (non-hydrogen) atoms. The smallest absolute Gasteiger partial charge is 0.266 e. The highest BCUT2D eigenvalue weighted by Crippen LogP contribution is 2.28. The Morgan fingerprint density at radius 2 is 1.77 bits per heavy atom. The van der Waals surface area contributed by atoms with Crippen LogP contribution in [0.2, 0.25) is 0 Å². The SMILES string of the molecule is Cl.O=c1ccc(-c2cccc(-c3cccn4nccc34)c2)nn1CCN1CCOCC1. The van der Waals surface area contributed by atoms with Crippen molar-refractivity contribution in [2.45, 2.75) is 6.54 Å². The van der Waals surface area contributed by atoms with Crippen LogP contribution in [0.25, 0.3) is 27.9 Å². The minimum atomic E-state index is -0.0767. The van der Waals surface area contributed by atoms with Crippen LogP contribution in [0.5, 0.6) is 0 Å². The van der Waals surface area contributed by atoms with Gasteiger partial charge in [0.05, 0.1) is 31.0 Å². The van der Waals surface area contributed by atoms with Crippen LogP contribution in [-0.2, 0) is 11.3 Å². The highest BCUT2D eigenvalue weighted by molar-refractivity contribution is 5.85. The second-order valence-electron chi connectivity index (χ2n) is 7.40. The van der Waals surface area contributed by atoms with E-state index in [2.05, 4.69) is 33.3 Å². The Morgan fingerprint density at radius 1 is 0.935 bits per heavy atom. The molecule has 1 aromatic carbocycles. The molecule has 3 aromatic heterocycles. The fourth-order valence-corrected chi connectivity index (χ4v) is 3.87. The molecule has 0 bridgehead atoms. The first-order valence-corrected chi connectivity index (χ1v) is 10.2. The zero-order valence-electron chi connectivity index (χ0n) is 17.1. The average molecular weight is 438 g/mol. The van der Waals surface area contributed by atoms with E-state index in [-0.39, 0.29) is 18.0 Å². The highest BCUT2D eigenvalue weighted by Gasteiger charge is 2.12. The quantitative estimate of drug-likeness (QED) is 0.480. The number of rotatable bonds is 5. The van der Waals surface area contributed by atoms with Crippen LogP contribution in [0.1, 0.15) is 0 Å². The lowest BCUT2D eigenvalue weighted by atomic mass is 10.0. The Morgan fingerprint density at radius 3 is 2.65 bits per heavy atom. The summed E-state index contributed by atoms with van der Waals surface area (Å²) in [7, 11) is 0. The summed E-state index contributed by atoms with van der Waals surface area (Å²) >= 11 is 0. The van der Waals surface area contributed by atoms with Crippen molar-refractivity contribution in [1.82, 2.24) is 24.3 Å². The summed E-state index contributed by atoms with van der Waals surface area (Å²) < 4.78 is 8.82. The predicted octanol–water partition coefficient (Wildman–Crippen LogP) is 2.98. The summed E-state index contributed by atoms with van der Waals surface area (Å²) in [5, 5.41) is 8.96. The molecule has 4 heterocycles. The Labute approximate surface area is 186 Å². The van der Waals surface area contributed by atoms with Crippen LogP contribution < -0.4 is 5.56 Å². The van der Waals surface area contributed by atoms with E-state index in [1.165, 1.54) is 0 Å². The summed E-state index contributed by atoms with van der Waals surface area (Å²) in [5.74, 6) is 0. The van der Waals surface area contributed by atoms with Gasteiger partial charge in [0.25, 0.3) is 5.56 Å². The maximum atomic E-state index is 12.3. The van der Waals surface area contributed by atoms with Crippen LogP contribution in [0.15, 0.2) is 71.8 Å². The molecule has 5 rings (SSSR count). The van der Waals surface area contributed by atoms with Gasteiger partial charge < -0.3 is 4.74 Å². The Hall–Kier alpha value is -3.00. The highest BCUT2D eigenvalue weighted by atomic mass is 35.5. The molecule has 1 aliphatic rings. The number of hydrogen-bond acceptors (Lipinski definition) is 5. The predicted molar refractivity (Wildman–Crippen MR) is 123 cm³/mol. The third-order valence-electron chi connectivity index (χ3n) is 5.50. The minimum absolute atomic E-state index is 0. The fourth-order valence-electron chi connectivity index (χ4n) is 3.87. The van der Waals surface area contributed by atoms with Crippen LogP contribution in [0, 0.1) is 0 Å². The van der Waals surface area contributed by atoms with E-state index in [1.807, 2.05) is 35.0 Å². The van der Waals surface area contributed by atoms with E-state index in [9.17, 15) is 4.79 Å². The maximum absolute atomic E-state index is 12.3. The fraction of sp³-hybridized carbons (Fsp3) is 0.261. The Kier molecular flexibility index (Phi) is 6.46. The first kappa shape index (κ1) is 21.2. The molecule has 0 spiro atoms. The molecule has 0 aliphatic carbocycles. The van der Waals surface area contributed by atoms with Crippen molar-refractivity contribution in [3.8, 4) is 22.4 Å². The molecule has 0 amide bonds. The van der Waals surface area contributed by atoms with Gasteiger partial charge in [0.15, 0.2) is 0 Å². The average Bonchev–Trinajstić information content (AvgIpc) is 3.28. The summed E-state index contributed by atoms with van der Waals surface area (Å²) in [4.78, 5) is 14.6. The summed E-state index contributed by atoms with van der Waals surface area (Å²) in [6.07, 6.45) is 3.74. The van der Waals surface area contributed by atoms with Gasteiger partial charge in [-0.2, -0.15) is 10.2 Å². The number of benzene rings is 1. The van der Waals surface area contributed by atoms with E-state index in [1.54, 1.807) is 23.0 Å². The van der Waals surface area contributed by atoms with Crippen molar-refractivity contribution in [2.75, 3.05) is 32.8 Å². The van der Waals surface area contributed by atoms with Crippen LogP contribution in [0.3, 0.4) is 0 Å². The molecular weight excluding hydrogens is 414 g/mol. The molecule has 1 fully saturated rings. The molecule has 7 nitrogen and oxygen atoms in total. The number of aromatic nitrogens is 4. The molecule has 160 valence electrons. The standard InChI is InChI=1S/C23H23N5O2.ClH/c29-23-7-6-21(25-28(23)12-11-26-13-15-30-16-14-26)19-4-1-3-18(17-19)20-5-2-10-27-22(20)8-9-24-27;/h1-10,17H,11-16H2;1H. The van der Waals surface area contributed by atoms with Gasteiger partial charge >= 0.3 is 0 Å². The van der Waals surface area contributed by atoms with Gasteiger partial charge in [-0.3, -0.25) is 9.69 Å². The third kappa shape index (κ3) is 4.54. The normalized spacial score (nSPS) is 14.5. The molecular formula is C23H24ClN5O2. The largest absolute Gasteiger partial charge is 0.379 e. The van der Waals surface area contributed by atoms with Crippen molar-refractivity contribution in [1.29, 1.82) is 0 Å². The minimum Gasteiger partial charge on any atom is -0.379 e. The van der Waals surface area contributed by atoms with E-state index < -0.39 is 0 Å². The Balaban J connectivity index is 0.00000231. The van der Waals surface area contributed by atoms with Gasteiger partial charge in [-0.05, 0) is 29.8 Å². The van der Waals surface area contributed by atoms with Crippen molar-refractivity contribution in [3.63, 3.8) is 0 Å². The molecule has 4 aromatic rings. The molecule has 0 unspecified atom stereocenters. The zero-order valence-corrected chi connectivity index (χ0v) is 17.9. The van der Waals surface area contributed by atoms with Gasteiger partial charge in [0.1, 0.15) is 0 Å². The van der Waals surface area contributed by atoms with Crippen molar-refractivity contribution >= 4 is 17.9 Å². The number of pyridine rings is 1. The number of morpholine rings is 1. The first-order valence-electron chi connectivity index (χ1n) is 10.2. The number of fused-ring (bicyclic) bond motifs is 1. The summed E-state index contributed by atoms with van der Waals surface area (Å²) in [6.45, 7) is 4.66. The number of ether oxygens (including phenoxy) is 1. The van der Waals surface area contributed by atoms with E-state index in [0.29, 0.717) is 6.54 Å². The number of hydrogen-bond donors (Lipinski definition) is 0. The lowest BCUT2D eigenvalue weighted by Crippen LogP contribution is -2.39. The number of halogens is 1. The van der Waals surface area contributed by atoms with Crippen molar-refractivity contribution in [3.05, 3.63) is 77.3 Å². The lowest BCUT2D eigenvalue weighted by Gasteiger charge is -2.26. The maximum Gasteiger partial charge on any atom is 0.266 e. The molecule has 1 aliphatic heterocycles. The molecule has 0 radical (unpaired) electrons. The van der Waals surface area contributed by atoms with E-state index >= 15 is 0 Å². The van der Waals surface area contributed by atoms with Gasteiger partial charge in [-0.15, -0.1) is 12.4 Å². The molecule has 1 saturated heterocycles. The van der Waals surface area contributed by atoms with Crippen molar-refractivity contribution in [2.24, 2.45) is 0 Å². The Bertz CT molecular complexity index is 1230. The van der Waals surface area contributed by atoms with Crippen molar-refractivity contribution < 1.29 is 4.74 Å². The van der Waals surface area contributed by atoms with Crippen LogP contribution in [0.4, 0.5) is 0 Å². The molecule has 8 heteroatoms. The zero-order chi connectivity index (χ0) is 20.3. The molecule has 0 saturated carbocycles. The van der Waals surface area contributed by atoms with Gasteiger partial charge in [-0.1, -0.05) is 24.3 Å². The van der Waals surface area contributed by atoms with Crippen LogP contribution in [-0.4, -0.2) is 57.1 Å². The van der Waals surface area contributed by atoms with E-state index in [0.717, 1.165) is 60.7 Å². The monoisotopic (exact) mass is 437 g/mol. The second-order valence-corrected chi connectivity index (χ2v) is 7.40. The first-order chi connectivity index (χ1) is 14.8. The number of nitrogens with zero attached hydrogens (tertiary/aromatic N) is 5. The van der Waals surface area contributed by atoms with Gasteiger partial charge in [-0.25, -0.2) is 9.20 Å².